The maximum Gasteiger partial charge on any atom is 0.0817 e. The highest BCUT2D eigenvalue weighted by molar-refractivity contribution is 5.34. The molecular formula is C14H20O2. The van der Waals surface area contributed by atoms with Crippen LogP contribution in [0.3, 0.4) is 0 Å². The summed E-state index contributed by atoms with van der Waals surface area (Å²) in [6.07, 6.45) is 2.80. The molecule has 0 amide bonds. The van der Waals surface area contributed by atoms with Gasteiger partial charge in [0.25, 0.3) is 0 Å². The fourth-order valence-electron chi connectivity index (χ4n) is 2.34. The Labute approximate surface area is 97.3 Å². The quantitative estimate of drug-likeness (QED) is 0.848. The van der Waals surface area contributed by atoms with Crippen molar-refractivity contribution in [2.45, 2.75) is 45.3 Å². The van der Waals surface area contributed by atoms with Crippen molar-refractivity contribution >= 4 is 0 Å². The van der Waals surface area contributed by atoms with Crippen LogP contribution in [0, 0.1) is 13.8 Å². The number of hydrogen-bond donors (Lipinski definition) is 1. The van der Waals surface area contributed by atoms with Crippen molar-refractivity contribution < 1.29 is 9.84 Å². The van der Waals surface area contributed by atoms with E-state index in [9.17, 15) is 5.11 Å². The Morgan fingerprint density at radius 1 is 1.44 bits per heavy atom. The second kappa shape index (κ2) is 4.98. The van der Waals surface area contributed by atoms with Crippen LogP contribution in [-0.4, -0.2) is 17.8 Å². The minimum atomic E-state index is -0.386. The molecule has 0 saturated carbocycles. The Morgan fingerprint density at radius 2 is 2.25 bits per heavy atom. The maximum atomic E-state index is 10.2. The maximum absolute atomic E-state index is 10.2. The zero-order valence-corrected chi connectivity index (χ0v) is 10.1. The van der Waals surface area contributed by atoms with E-state index in [-0.39, 0.29) is 12.2 Å². The Hall–Kier alpha value is -0.860. The number of aliphatic hydroxyl groups is 1. The van der Waals surface area contributed by atoms with E-state index in [4.69, 9.17) is 4.74 Å². The largest absolute Gasteiger partial charge is 0.388 e. The molecule has 0 aromatic heterocycles. The van der Waals surface area contributed by atoms with Crippen LogP contribution in [-0.2, 0) is 4.74 Å². The predicted octanol–water partition coefficient (Wildman–Crippen LogP) is 2.91. The first-order valence-electron chi connectivity index (χ1n) is 6.04. The summed E-state index contributed by atoms with van der Waals surface area (Å²) in [6, 6.07) is 6.11. The molecule has 2 rings (SSSR count). The highest BCUT2D eigenvalue weighted by atomic mass is 16.5. The number of aryl methyl sites for hydroxylation is 1. The molecule has 0 spiro atoms. The lowest BCUT2D eigenvalue weighted by molar-refractivity contribution is 0.0532. The molecule has 2 unspecified atom stereocenters. The topological polar surface area (TPSA) is 29.5 Å². The molecule has 1 aromatic rings. The van der Waals surface area contributed by atoms with Gasteiger partial charge in [-0.3, -0.25) is 0 Å². The van der Waals surface area contributed by atoms with Crippen LogP contribution in [0.1, 0.15) is 42.1 Å². The Balaban J connectivity index is 2.07. The van der Waals surface area contributed by atoms with Crippen LogP contribution in [0.15, 0.2) is 18.2 Å². The average molecular weight is 220 g/mol. The second-order valence-corrected chi connectivity index (χ2v) is 4.68. The SMILES string of the molecule is Cc1cccc(C(O)CC2CCCO2)c1C. The van der Waals surface area contributed by atoms with Gasteiger partial charge in [0.05, 0.1) is 12.2 Å². The van der Waals surface area contributed by atoms with Crippen LogP contribution in [0.4, 0.5) is 0 Å². The third-order valence-corrected chi connectivity index (χ3v) is 3.52. The van der Waals surface area contributed by atoms with E-state index < -0.39 is 0 Å². The van der Waals surface area contributed by atoms with Crippen LogP contribution in [0.2, 0.25) is 0 Å². The molecule has 0 aliphatic carbocycles. The van der Waals surface area contributed by atoms with E-state index >= 15 is 0 Å². The van der Waals surface area contributed by atoms with Gasteiger partial charge in [0.1, 0.15) is 0 Å². The summed E-state index contributed by atoms with van der Waals surface area (Å²) < 4.78 is 5.56. The van der Waals surface area contributed by atoms with Gasteiger partial charge in [0, 0.05) is 13.0 Å². The van der Waals surface area contributed by atoms with Gasteiger partial charge in [-0.1, -0.05) is 18.2 Å². The third kappa shape index (κ3) is 2.45. The molecule has 1 aliphatic rings. The van der Waals surface area contributed by atoms with E-state index in [2.05, 4.69) is 19.9 Å². The lowest BCUT2D eigenvalue weighted by Crippen LogP contribution is -2.12. The summed E-state index contributed by atoms with van der Waals surface area (Å²) in [5, 5.41) is 10.2. The number of hydrogen-bond acceptors (Lipinski definition) is 2. The molecule has 88 valence electrons. The van der Waals surface area contributed by atoms with E-state index in [1.807, 2.05) is 12.1 Å². The molecule has 1 heterocycles. The van der Waals surface area contributed by atoms with Crippen molar-refractivity contribution in [1.82, 2.24) is 0 Å². The minimum Gasteiger partial charge on any atom is -0.388 e. The van der Waals surface area contributed by atoms with Crippen LogP contribution in [0.5, 0.6) is 0 Å². The van der Waals surface area contributed by atoms with Crippen molar-refractivity contribution in [3.8, 4) is 0 Å². The van der Waals surface area contributed by atoms with Crippen LogP contribution in [0.25, 0.3) is 0 Å². The average Bonchev–Trinajstić information content (AvgIpc) is 2.74. The zero-order chi connectivity index (χ0) is 11.5. The van der Waals surface area contributed by atoms with E-state index in [1.165, 1.54) is 11.1 Å². The highest BCUT2D eigenvalue weighted by Crippen LogP contribution is 2.27. The number of ether oxygens (including phenoxy) is 1. The summed E-state index contributed by atoms with van der Waals surface area (Å²) in [5.74, 6) is 0. The van der Waals surface area contributed by atoms with E-state index in [1.54, 1.807) is 0 Å². The third-order valence-electron chi connectivity index (χ3n) is 3.52. The standard InChI is InChI=1S/C14H20O2/c1-10-5-3-7-13(11(10)2)14(15)9-12-6-4-8-16-12/h3,5,7,12,14-15H,4,6,8-9H2,1-2H3. The molecule has 1 saturated heterocycles. The summed E-state index contributed by atoms with van der Waals surface area (Å²) in [6.45, 7) is 5.01. The highest BCUT2D eigenvalue weighted by Gasteiger charge is 2.21. The van der Waals surface area contributed by atoms with Gasteiger partial charge in [-0.15, -0.1) is 0 Å². The molecule has 1 N–H and O–H groups in total. The van der Waals surface area contributed by atoms with E-state index in [0.717, 1.165) is 31.4 Å². The molecular weight excluding hydrogens is 200 g/mol. The molecule has 2 atom stereocenters. The number of rotatable bonds is 3. The second-order valence-electron chi connectivity index (χ2n) is 4.68. The molecule has 1 aliphatic heterocycles. The first-order valence-corrected chi connectivity index (χ1v) is 6.04. The molecule has 1 fully saturated rings. The molecule has 2 nitrogen and oxygen atoms in total. The van der Waals surface area contributed by atoms with Gasteiger partial charge in [-0.2, -0.15) is 0 Å². The predicted molar refractivity (Wildman–Crippen MR) is 64.5 cm³/mol. The van der Waals surface area contributed by atoms with Crippen LogP contribution < -0.4 is 0 Å². The summed E-state index contributed by atoms with van der Waals surface area (Å²) in [7, 11) is 0. The molecule has 2 heteroatoms. The van der Waals surface area contributed by atoms with Crippen molar-refractivity contribution in [2.24, 2.45) is 0 Å². The minimum absolute atomic E-state index is 0.245. The lowest BCUT2D eigenvalue weighted by atomic mass is 9.95. The molecule has 1 aromatic carbocycles. The van der Waals surface area contributed by atoms with Crippen molar-refractivity contribution in [1.29, 1.82) is 0 Å². The van der Waals surface area contributed by atoms with Crippen molar-refractivity contribution in [3.63, 3.8) is 0 Å². The zero-order valence-electron chi connectivity index (χ0n) is 10.1. The normalized spacial score (nSPS) is 22.3. The Morgan fingerprint density at radius 3 is 2.94 bits per heavy atom. The smallest absolute Gasteiger partial charge is 0.0817 e. The fraction of sp³-hybridized carbons (Fsp3) is 0.571. The first-order chi connectivity index (χ1) is 7.68. The number of benzene rings is 1. The van der Waals surface area contributed by atoms with Gasteiger partial charge in [0.2, 0.25) is 0 Å². The van der Waals surface area contributed by atoms with Gasteiger partial charge in [-0.05, 0) is 43.4 Å². The summed E-state index contributed by atoms with van der Waals surface area (Å²) in [5.41, 5.74) is 3.49. The molecule has 0 radical (unpaired) electrons. The first kappa shape index (κ1) is 11.6. The summed E-state index contributed by atoms with van der Waals surface area (Å²) in [4.78, 5) is 0. The van der Waals surface area contributed by atoms with Crippen molar-refractivity contribution in [2.75, 3.05) is 6.61 Å². The number of aliphatic hydroxyl groups excluding tert-OH is 1. The van der Waals surface area contributed by atoms with Crippen molar-refractivity contribution in [3.05, 3.63) is 34.9 Å². The van der Waals surface area contributed by atoms with Gasteiger partial charge in [-0.25, -0.2) is 0 Å². The van der Waals surface area contributed by atoms with E-state index in [0.29, 0.717) is 0 Å². The van der Waals surface area contributed by atoms with Gasteiger partial charge in [0.15, 0.2) is 0 Å². The van der Waals surface area contributed by atoms with Gasteiger partial charge < -0.3 is 9.84 Å². The molecule has 0 bridgehead atoms. The fourth-order valence-corrected chi connectivity index (χ4v) is 2.34. The Bertz CT molecular complexity index is 354. The van der Waals surface area contributed by atoms with Gasteiger partial charge >= 0.3 is 0 Å². The molecule has 16 heavy (non-hydrogen) atoms. The van der Waals surface area contributed by atoms with Crippen LogP contribution >= 0.6 is 0 Å². The summed E-state index contributed by atoms with van der Waals surface area (Å²) >= 11 is 0. The monoisotopic (exact) mass is 220 g/mol. The lowest BCUT2D eigenvalue weighted by Gasteiger charge is -2.18. The Kier molecular flexibility index (Phi) is 3.62.